The summed E-state index contributed by atoms with van der Waals surface area (Å²) in [6, 6.07) is 9.65. The van der Waals surface area contributed by atoms with Gasteiger partial charge >= 0.3 is 6.03 Å². The second kappa shape index (κ2) is 7.36. The lowest BCUT2D eigenvalue weighted by Crippen LogP contribution is -2.41. The zero-order valence-corrected chi connectivity index (χ0v) is 17.5. The molecule has 1 fully saturated rings. The van der Waals surface area contributed by atoms with Gasteiger partial charge in [-0.25, -0.2) is 4.79 Å². The molecule has 1 unspecified atom stereocenters. The summed E-state index contributed by atoms with van der Waals surface area (Å²) >= 11 is 1.55. The number of benzene rings is 1. The third-order valence-electron chi connectivity index (χ3n) is 5.93. The first-order valence-electron chi connectivity index (χ1n) is 10.2. The van der Waals surface area contributed by atoms with Gasteiger partial charge in [-0.3, -0.25) is 9.69 Å². The maximum Gasteiger partial charge on any atom is 0.325 e. The molecule has 2 aromatic heterocycles. The van der Waals surface area contributed by atoms with Gasteiger partial charge in [-0.05, 0) is 60.7 Å². The highest BCUT2D eigenvalue weighted by molar-refractivity contribution is 7.13. The molecule has 1 saturated heterocycles. The van der Waals surface area contributed by atoms with Gasteiger partial charge in [-0.2, -0.15) is 4.98 Å². The summed E-state index contributed by atoms with van der Waals surface area (Å²) in [6.07, 6.45) is 4.33. The molecule has 0 saturated carbocycles. The fourth-order valence-electron chi connectivity index (χ4n) is 4.23. The SMILES string of the molecule is CC1(c2ccc3c(c2)CCC3)NC(=O)N(CCCc2nc(-c3cccs3)no2)C1=O. The Hall–Kier alpha value is -3.00. The number of urea groups is 1. The van der Waals surface area contributed by atoms with Gasteiger partial charge in [-0.1, -0.05) is 29.4 Å². The first-order chi connectivity index (χ1) is 14.5. The molecule has 3 amide bonds. The van der Waals surface area contributed by atoms with Crippen LogP contribution in [0.2, 0.25) is 0 Å². The number of aryl methyl sites for hydroxylation is 3. The predicted octanol–water partition coefficient (Wildman–Crippen LogP) is 3.69. The molecule has 8 heteroatoms. The highest BCUT2D eigenvalue weighted by Gasteiger charge is 2.48. The molecule has 1 aromatic carbocycles. The first-order valence-corrected chi connectivity index (χ1v) is 11.1. The summed E-state index contributed by atoms with van der Waals surface area (Å²) in [7, 11) is 0. The Morgan fingerprint density at radius 1 is 1.23 bits per heavy atom. The largest absolute Gasteiger partial charge is 0.339 e. The number of carbonyl (C=O) groups is 2. The fourth-order valence-corrected chi connectivity index (χ4v) is 4.88. The summed E-state index contributed by atoms with van der Waals surface area (Å²) < 4.78 is 5.30. The molecule has 3 aromatic rings. The Morgan fingerprint density at radius 3 is 2.93 bits per heavy atom. The standard InChI is InChI=1S/C22H22N4O3S/c1-22(16-10-9-14-5-2-6-15(14)13-16)20(27)26(21(28)24-22)11-3-8-18-23-19(25-29-18)17-7-4-12-30-17/h4,7,9-10,12-13H,2-3,5-6,8,11H2,1H3,(H,24,28). The number of hydrogen-bond acceptors (Lipinski definition) is 6. The number of nitrogens with zero attached hydrogens (tertiary/aromatic N) is 3. The van der Waals surface area contributed by atoms with Crippen molar-refractivity contribution in [3.8, 4) is 10.7 Å². The molecule has 1 atom stereocenters. The Bertz CT molecular complexity index is 1110. The lowest BCUT2D eigenvalue weighted by atomic mass is 9.89. The van der Waals surface area contributed by atoms with Crippen LogP contribution in [0.3, 0.4) is 0 Å². The van der Waals surface area contributed by atoms with Crippen molar-refractivity contribution in [1.29, 1.82) is 0 Å². The molecule has 1 aliphatic heterocycles. The van der Waals surface area contributed by atoms with Crippen LogP contribution in [-0.4, -0.2) is 33.5 Å². The number of carbonyl (C=O) groups excluding carboxylic acids is 2. The van der Waals surface area contributed by atoms with Gasteiger partial charge in [0.25, 0.3) is 5.91 Å². The van der Waals surface area contributed by atoms with Gasteiger partial charge in [0.05, 0.1) is 4.88 Å². The Kier molecular flexibility index (Phi) is 4.66. The quantitative estimate of drug-likeness (QED) is 0.612. The normalized spacial score (nSPS) is 20.6. The smallest absolute Gasteiger partial charge is 0.325 e. The third-order valence-corrected chi connectivity index (χ3v) is 6.80. The van der Waals surface area contributed by atoms with E-state index in [2.05, 4.69) is 27.6 Å². The second-order valence-corrected chi connectivity index (χ2v) is 8.89. The van der Waals surface area contributed by atoms with Crippen LogP contribution in [0, 0.1) is 0 Å². The fraction of sp³-hybridized carbons (Fsp3) is 0.364. The van der Waals surface area contributed by atoms with Crippen molar-refractivity contribution < 1.29 is 14.1 Å². The van der Waals surface area contributed by atoms with Crippen LogP contribution in [0.5, 0.6) is 0 Å². The van der Waals surface area contributed by atoms with Gasteiger partial charge in [0.1, 0.15) is 5.54 Å². The van der Waals surface area contributed by atoms with E-state index in [1.165, 1.54) is 16.0 Å². The maximum absolute atomic E-state index is 13.1. The van der Waals surface area contributed by atoms with Crippen molar-refractivity contribution >= 4 is 23.3 Å². The first kappa shape index (κ1) is 19.0. The van der Waals surface area contributed by atoms with Gasteiger partial charge < -0.3 is 9.84 Å². The molecular formula is C22H22N4O3S. The molecule has 1 aliphatic carbocycles. The minimum atomic E-state index is -1.02. The van der Waals surface area contributed by atoms with E-state index in [0.29, 0.717) is 31.1 Å². The average Bonchev–Trinajstić information content (AvgIpc) is 3.52. The van der Waals surface area contributed by atoms with Crippen molar-refractivity contribution in [3.63, 3.8) is 0 Å². The Labute approximate surface area is 178 Å². The molecule has 154 valence electrons. The number of hydrogen-bond donors (Lipinski definition) is 1. The predicted molar refractivity (Wildman–Crippen MR) is 112 cm³/mol. The van der Waals surface area contributed by atoms with Gasteiger partial charge in [0.15, 0.2) is 0 Å². The van der Waals surface area contributed by atoms with Crippen molar-refractivity contribution in [3.05, 3.63) is 58.3 Å². The molecule has 3 heterocycles. The highest BCUT2D eigenvalue weighted by atomic mass is 32.1. The number of nitrogens with one attached hydrogen (secondary N) is 1. The van der Waals surface area contributed by atoms with E-state index in [1.54, 1.807) is 18.3 Å². The minimum absolute atomic E-state index is 0.213. The van der Waals surface area contributed by atoms with Gasteiger partial charge in [-0.15, -0.1) is 11.3 Å². The number of amides is 3. The molecule has 0 spiro atoms. The van der Waals surface area contributed by atoms with Crippen LogP contribution >= 0.6 is 11.3 Å². The number of aromatic nitrogens is 2. The van der Waals surface area contributed by atoms with E-state index in [0.717, 1.165) is 29.7 Å². The second-order valence-electron chi connectivity index (χ2n) is 7.94. The molecule has 7 nitrogen and oxygen atoms in total. The van der Waals surface area contributed by atoms with Gasteiger partial charge in [0.2, 0.25) is 11.7 Å². The van der Waals surface area contributed by atoms with Crippen molar-refractivity contribution in [2.24, 2.45) is 0 Å². The van der Waals surface area contributed by atoms with E-state index in [-0.39, 0.29) is 11.9 Å². The maximum atomic E-state index is 13.1. The number of fused-ring (bicyclic) bond motifs is 1. The van der Waals surface area contributed by atoms with Gasteiger partial charge in [0, 0.05) is 13.0 Å². The molecular weight excluding hydrogens is 400 g/mol. The third kappa shape index (κ3) is 3.21. The highest BCUT2D eigenvalue weighted by Crippen LogP contribution is 2.32. The molecule has 2 aliphatic rings. The van der Waals surface area contributed by atoms with Crippen LogP contribution in [-0.2, 0) is 29.6 Å². The van der Waals surface area contributed by atoms with Crippen LogP contribution in [0.25, 0.3) is 10.7 Å². The molecule has 0 bridgehead atoms. The Morgan fingerprint density at radius 2 is 2.10 bits per heavy atom. The van der Waals surface area contributed by atoms with Crippen LogP contribution in [0.4, 0.5) is 4.79 Å². The number of thiophene rings is 1. The van der Waals surface area contributed by atoms with E-state index in [9.17, 15) is 9.59 Å². The van der Waals surface area contributed by atoms with Crippen LogP contribution < -0.4 is 5.32 Å². The lowest BCUT2D eigenvalue weighted by Gasteiger charge is -2.23. The summed E-state index contributed by atoms with van der Waals surface area (Å²) in [5.41, 5.74) is 2.46. The molecule has 0 radical (unpaired) electrons. The average molecular weight is 423 g/mol. The number of imide groups is 1. The zero-order valence-electron chi connectivity index (χ0n) is 16.7. The summed E-state index contributed by atoms with van der Waals surface area (Å²) in [5.74, 6) is 0.862. The Balaban J connectivity index is 1.25. The van der Waals surface area contributed by atoms with Crippen LogP contribution in [0.1, 0.15) is 42.3 Å². The summed E-state index contributed by atoms with van der Waals surface area (Å²) in [6.45, 7) is 2.09. The van der Waals surface area contributed by atoms with E-state index < -0.39 is 5.54 Å². The van der Waals surface area contributed by atoms with Crippen LogP contribution in [0.15, 0.2) is 40.2 Å². The number of rotatable bonds is 6. The molecule has 5 rings (SSSR count). The summed E-state index contributed by atoms with van der Waals surface area (Å²) in [4.78, 5) is 32.3. The molecule has 30 heavy (non-hydrogen) atoms. The minimum Gasteiger partial charge on any atom is -0.339 e. The zero-order chi connectivity index (χ0) is 20.7. The van der Waals surface area contributed by atoms with E-state index in [4.69, 9.17) is 4.52 Å². The van der Waals surface area contributed by atoms with Crippen molar-refractivity contribution in [2.45, 2.75) is 44.6 Å². The molecule has 1 N–H and O–H groups in total. The lowest BCUT2D eigenvalue weighted by molar-refractivity contribution is -0.131. The monoisotopic (exact) mass is 422 g/mol. The topological polar surface area (TPSA) is 88.3 Å². The van der Waals surface area contributed by atoms with E-state index >= 15 is 0 Å². The van der Waals surface area contributed by atoms with E-state index in [1.807, 2.05) is 23.6 Å². The van der Waals surface area contributed by atoms with Crippen molar-refractivity contribution in [1.82, 2.24) is 20.4 Å². The summed E-state index contributed by atoms with van der Waals surface area (Å²) in [5, 5.41) is 8.85. The van der Waals surface area contributed by atoms with Crippen molar-refractivity contribution in [2.75, 3.05) is 6.54 Å².